The topological polar surface area (TPSA) is 235 Å². The first-order valence-corrected chi connectivity index (χ1v) is 13.1. The molecular weight excluding hydrogens is 518 g/mol. The number of H-pyrrole nitrogens is 1. The van der Waals surface area contributed by atoms with Crippen LogP contribution in [0, 0.1) is 0 Å². The van der Waals surface area contributed by atoms with Gasteiger partial charge in [-0.25, -0.2) is 9.78 Å². The van der Waals surface area contributed by atoms with Gasteiger partial charge in [0.05, 0.1) is 12.4 Å². The van der Waals surface area contributed by atoms with Gasteiger partial charge >= 0.3 is 5.97 Å². The molecule has 1 fully saturated rings. The van der Waals surface area contributed by atoms with Crippen LogP contribution in [0.25, 0.3) is 0 Å². The second-order valence-corrected chi connectivity index (χ2v) is 9.68. The maximum absolute atomic E-state index is 13.8. The molecule has 10 N–H and O–H groups in total. The van der Waals surface area contributed by atoms with Crippen molar-refractivity contribution in [1.82, 2.24) is 25.5 Å². The Balaban J connectivity index is 1.70. The number of carboxylic acid groups (broad SMARTS) is 1. The van der Waals surface area contributed by atoms with Crippen molar-refractivity contribution in [3.63, 3.8) is 0 Å². The number of benzene rings is 1. The van der Waals surface area contributed by atoms with E-state index < -0.39 is 47.9 Å². The van der Waals surface area contributed by atoms with E-state index in [2.05, 4.69) is 25.6 Å². The molecule has 0 spiro atoms. The van der Waals surface area contributed by atoms with Gasteiger partial charge < -0.3 is 42.8 Å². The van der Waals surface area contributed by atoms with Crippen LogP contribution in [0.2, 0.25) is 0 Å². The van der Waals surface area contributed by atoms with Crippen LogP contribution in [0.5, 0.6) is 0 Å². The van der Waals surface area contributed by atoms with Crippen molar-refractivity contribution in [1.29, 1.82) is 0 Å². The molecule has 0 bridgehead atoms. The van der Waals surface area contributed by atoms with E-state index in [9.17, 15) is 24.3 Å². The van der Waals surface area contributed by atoms with Crippen LogP contribution < -0.4 is 27.8 Å². The molecule has 0 radical (unpaired) electrons. The van der Waals surface area contributed by atoms with E-state index in [4.69, 9.17) is 17.2 Å². The Kier molecular flexibility index (Phi) is 11.0. The van der Waals surface area contributed by atoms with Crippen LogP contribution >= 0.6 is 0 Å². The van der Waals surface area contributed by atoms with Crippen molar-refractivity contribution in [3.8, 4) is 0 Å². The van der Waals surface area contributed by atoms with Gasteiger partial charge in [-0.3, -0.25) is 19.4 Å². The molecule has 0 aliphatic carbocycles. The highest BCUT2D eigenvalue weighted by atomic mass is 16.4. The molecule has 3 amide bonds. The first-order valence-electron chi connectivity index (χ1n) is 13.1. The molecule has 1 aliphatic heterocycles. The van der Waals surface area contributed by atoms with Gasteiger partial charge in [-0.1, -0.05) is 30.3 Å². The SMILES string of the molecule is NC(N)=NCCCC(NC(=O)C1CCCN1C(=O)C(Cc1ccccc1)NC(=O)C(N)Cc1cnc[nH]1)C(=O)O. The summed E-state index contributed by atoms with van der Waals surface area (Å²) in [5.41, 5.74) is 18.2. The predicted octanol–water partition coefficient (Wildman–Crippen LogP) is -1.38. The van der Waals surface area contributed by atoms with Gasteiger partial charge in [0.2, 0.25) is 17.7 Å². The molecular formula is C26H37N9O5. The van der Waals surface area contributed by atoms with Crippen molar-refractivity contribution in [2.45, 2.75) is 62.7 Å². The van der Waals surface area contributed by atoms with Gasteiger partial charge in [-0.2, -0.15) is 0 Å². The van der Waals surface area contributed by atoms with E-state index in [0.29, 0.717) is 31.5 Å². The third kappa shape index (κ3) is 8.80. The molecule has 14 heteroatoms. The minimum absolute atomic E-state index is 0.101. The number of rotatable bonds is 14. The van der Waals surface area contributed by atoms with Gasteiger partial charge in [0.1, 0.15) is 18.1 Å². The van der Waals surface area contributed by atoms with E-state index in [1.54, 1.807) is 6.20 Å². The number of likely N-dealkylation sites (tertiary alicyclic amines) is 1. The molecule has 1 saturated heterocycles. The van der Waals surface area contributed by atoms with Crippen molar-refractivity contribution in [3.05, 3.63) is 54.1 Å². The van der Waals surface area contributed by atoms with Crippen molar-refractivity contribution < 1.29 is 24.3 Å². The fourth-order valence-corrected chi connectivity index (χ4v) is 4.59. The molecule has 4 unspecified atom stereocenters. The second kappa shape index (κ2) is 14.6. The van der Waals surface area contributed by atoms with Crippen LogP contribution in [-0.4, -0.2) is 86.9 Å². The Morgan fingerprint density at radius 2 is 1.88 bits per heavy atom. The molecule has 2 aromatic rings. The highest BCUT2D eigenvalue weighted by molar-refractivity contribution is 5.94. The minimum atomic E-state index is -1.20. The molecule has 1 aromatic heterocycles. The molecule has 3 rings (SSSR count). The number of carbonyl (C=O) groups is 4. The number of amides is 3. The molecule has 2 heterocycles. The van der Waals surface area contributed by atoms with Gasteiger partial charge in [-0.15, -0.1) is 0 Å². The largest absolute Gasteiger partial charge is 0.480 e. The van der Waals surface area contributed by atoms with Gasteiger partial charge in [0.25, 0.3) is 0 Å². The maximum atomic E-state index is 13.8. The number of hydrogen-bond acceptors (Lipinski definition) is 7. The molecule has 1 aliphatic rings. The highest BCUT2D eigenvalue weighted by Crippen LogP contribution is 2.20. The minimum Gasteiger partial charge on any atom is -0.480 e. The fraction of sp³-hybridized carbons (Fsp3) is 0.462. The summed E-state index contributed by atoms with van der Waals surface area (Å²) in [4.78, 5) is 63.7. The number of imidazole rings is 1. The smallest absolute Gasteiger partial charge is 0.326 e. The van der Waals surface area contributed by atoms with E-state index in [1.165, 1.54) is 11.2 Å². The number of aliphatic imine (C=N–C) groups is 1. The third-order valence-electron chi connectivity index (χ3n) is 6.63. The number of aromatic nitrogens is 2. The number of aromatic amines is 1. The summed E-state index contributed by atoms with van der Waals surface area (Å²) in [6, 6.07) is 5.22. The Bertz CT molecular complexity index is 1170. The quantitative estimate of drug-likeness (QED) is 0.0825. The standard InChI is InChI=1S/C26H37N9O5/c27-18(13-17-14-30-15-32-17)22(36)34-20(12-16-6-2-1-3-7-16)24(38)35-11-5-9-21(35)23(37)33-19(25(39)40)8-4-10-31-26(28)29/h1-3,6-7,14-15,18-21H,4-5,8-13,27H2,(H,30,32)(H,33,37)(H,34,36)(H,39,40)(H4,28,29,31). The van der Waals surface area contributed by atoms with Crippen molar-refractivity contribution in [2.75, 3.05) is 13.1 Å². The lowest BCUT2D eigenvalue weighted by Crippen LogP contribution is -2.57. The maximum Gasteiger partial charge on any atom is 0.326 e. The molecule has 40 heavy (non-hydrogen) atoms. The highest BCUT2D eigenvalue weighted by Gasteiger charge is 2.39. The number of carbonyl (C=O) groups excluding carboxylic acids is 3. The molecule has 1 aromatic carbocycles. The average molecular weight is 556 g/mol. The zero-order chi connectivity index (χ0) is 29.1. The van der Waals surface area contributed by atoms with E-state index in [-0.39, 0.29) is 31.8 Å². The first-order chi connectivity index (χ1) is 19.2. The number of aliphatic carboxylic acids is 1. The Labute approximate surface area is 231 Å². The van der Waals surface area contributed by atoms with Gasteiger partial charge in [0, 0.05) is 37.8 Å². The zero-order valence-electron chi connectivity index (χ0n) is 22.2. The van der Waals surface area contributed by atoms with Crippen LogP contribution in [0.4, 0.5) is 0 Å². The van der Waals surface area contributed by atoms with E-state index >= 15 is 0 Å². The monoisotopic (exact) mass is 555 g/mol. The average Bonchev–Trinajstić information content (AvgIpc) is 3.62. The summed E-state index contributed by atoms with van der Waals surface area (Å²) in [5.74, 6) is -2.83. The molecule has 216 valence electrons. The second-order valence-electron chi connectivity index (χ2n) is 9.68. The van der Waals surface area contributed by atoms with Crippen molar-refractivity contribution >= 4 is 29.7 Å². The Hall–Kier alpha value is -4.46. The lowest BCUT2D eigenvalue weighted by atomic mass is 10.0. The number of hydrogen-bond donors (Lipinski definition) is 7. The van der Waals surface area contributed by atoms with E-state index in [1.807, 2.05) is 30.3 Å². The fourth-order valence-electron chi connectivity index (χ4n) is 4.59. The summed E-state index contributed by atoms with van der Waals surface area (Å²) in [7, 11) is 0. The van der Waals surface area contributed by atoms with Crippen LogP contribution in [0.3, 0.4) is 0 Å². The Morgan fingerprint density at radius 3 is 2.52 bits per heavy atom. The normalized spacial score (nSPS) is 16.9. The summed E-state index contributed by atoms with van der Waals surface area (Å²) < 4.78 is 0. The number of carboxylic acids is 1. The van der Waals surface area contributed by atoms with Gasteiger partial charge in [-0.05, 0) is 31.2 Å². The van der Waals surface area contributed by atoms with Gasteiger partial charge in [0.15, 0.2) is 5.96 Å². The lowest BCUT2D eigenvalue weighted by Gasteiger charge is -2.30. The molecule has 4 atom stereocenters. The van der Waals surface area contributed by atoms with E-state index in [0.717, 1.165) is 5.56 Å². The first kappa shape index (κ1) is 30.1. The van der Waals surface area contributed by atoms with Crippen LogP contribution in [0.15, 0.2) is 47.8 Å². The summed E-state index contributed by atoms with van der Waals surface area (Å²) in [5, 5.41) is 14.9. The molecule has 14 nitrogen and oxygen atoms in total. The van der Waals surface area contributed by atoms with Crippen LogP contribution in [0.1, 0.15) is 36.9 Å². The lowest BCUT2D eigenvalue weighted by molar-refractivity contribution is -0.145. The summed E-state index contributed by atoms with van der Waals surface area (Å²) >= 11 is 0. The number of nitrogens with zero attached hydrogens (tertiary/aromatic N) is 3. The van der Waals surface area contributed by atoms with Crippen molar-refractivity contribution in [2.24, 2.45) is 22.2 Å². The number of nitrogens with one attached hydrogen (secondary N) is 3. The zero-order valence-corrected chi connectivity index (χ0v) is 22.2. The third-order valence-corrected chi connectivity index (χ3v) is 6.63. The predicted molar refractivity (Wildman–Crippen MR) is 147 cm³/mol. The number of guanidine groups is 1. The summed E-state index contributed by atoms with van der Waals surface area (Å²) in [6.45, 7) is 0.514. The summed E-state index contributed by atoms with van der Waals surface area (Å²) in [6.07, 6.45) is 4.81. The number of nitrogens with two attached hydrogens (primary N) is 3. The Morgan fingerprint density at radius 1 is 1.12 bits per heavy atom. The molecule has 0 saturated carbocycles. The van der Waals surface area contributed by atoms with Crippen LogP contribution in [-0.2, 0) is 32.0 Å².